The quantitative estimate of drug-likeness (QED) is 0.523. The number of nitrogens with one attached hydrogen (secondary N) is 3. The minimum absolute atomic E-state index is 0.0920. The molecular formula is C25H36N6O2S. The fraction of sp³-hybridized carbons (Fsp3) is 0.520. The third-order valence-electron chi connectivity index (χ3n) is 5.94. The number of carbonyl (C=O) groups excluding carboxylic acids is 2. The number of rotatable bonds is 7. The summed E-state index contributed by atoms with van der Waals surface area (Å²) in [5.41, 5.74) is 2.28. The molecule has 9 heteroatoms. The molecule has 0 saturated carbocycles. The van der Waals surface area contributed by atoms with Crippen molar-refractivity contribution in [1.29, 1.82) is 0 Å². The number of carbonyl (C=O) groups is 2. The van der Waals surface area contributed by atoms with E-state index in [0.717, 1.165) is 48.2 Å². The molecule has 1 atom stereocenters. The molecule has 0 unspecified atom stereocenters. The average Bonchev–Trinajstić information content (AvgIpc) is 3.17. The van der Waals surface area contributed by atoms with Crippen molar-refractivity contribution in [2.24, 2.45) is 5.41 Å². The number of nitrogens with zero attached hydrogens (tertiary/aromatic N) is 3. The first-order chi connectivity index (χ1) is 16.2. The number of imidazole rings is 1. The second-order valence-corrected chi connectivity index (χ2v) is 10.0. The zero-order chi connectivity index (χ0) is 24.9. The van der Waals surface area contributed by atoms with E-state index in [1.165, 1.54) is 0 Å². The van der Waals surface area contributed by atoms with Gasteiger partial charge in [0.15, 0.2) is 5.11 Å². The van der Waals surface area contributed by atoms with Crippen LogP contribution in [-0.4, -0.2) is 57.6 Å². The van der Waals surface area contributed by atoms with Crippen LogP contribution in [0.25, 0.3) is 11.4 Å². The first-order valence-electron chi connectivity index (χ1n) is 11.8. The monoisotopic (exact) mass is 484 g/mol. The SMILES string of the molecule is CCCNC(=S)N1CCn2c(-c3ccccc3)nc(CC(=O)N[C@H](C(=O)NC)C(C)(C)C)c2C1. The molecule has 34 heavy (non-hydrogen) atoms. The third-order valence-corrected chi connectivity index (χ3v) is 6.35. The minimum atomic E-state index is -0.639. The summed E-state index contributed by atoms with van der Waals surface area (Å²) in [6.07, 6.45) is 1.09. The number of benzene rings is 1. The van der Waals surface area contributed by atoms with E-state index in [4.69, 9.17) is 17.2 Å². The van der Waals surface area contributed by atoms with Gasteiger partial charge in [0, 0.05) is 32.2 Å². The summed E-state index contributed by atoms with van der Waals surface area (Å²) in [5.74, 6) is 0.410. The Labute approximate surface area is 207 Å². The number of amides is 2. The summed E-state index contributed by atoms with van der Waals surface area (Å²) in [4.78, 5) is 32.5. The van der Waals surface area contributed by atoms with E-state index in [1.54, 1.807) is 7.05 Å². The first-order valence-corrected chi connectivity index (χ1v) is 12.2. The van der Waals surface area contributed by atoms with Crippen molar-refractivity contribution in [3.8, 4) is 11.4 Å². The Hall–Kier alpha value is -2.94. The van der Waals surface area contributed by atoms with Gasteiger partial charge in [-0.25, -0.2) is 4.98 Å². The Morgan fingerprint density at radius 2 is 1.88 bits per heavy atom. The summed E-state index contributed by atoms with van der Waals surface area (Å²) in [6.45, 7) is 10.8. The highest BCUT2D eigenvalue weighted by molar-refractivity contribution is 7.80. The normalized spacial score (nSPS) is 14.2. The Kier molecular flexibility index (Phi) is 8.30. The maximum atomic E-state index is 13.1. The van der Waals surface area contributed by atoms with E-state index in [0.29, 0.717) is 12.2 Å². The van der Waals surface area contributed by atoms with Crippen LogP contribution in [0.2, 0.25) is 0 Å². The number of hydrogen-bond donors (Lipinski definition) is 3. The van der Waals surface area contributed by atoms with Crippen molar-refractivity contribution in [2.75, 3.05) is 20.1 Å². The lowest BCUT2D eigenvalue weighted by molar-refractivity contribution is -0.131. The molecule has 0 spiro atoms. The Balaban J connectivity index is 1.89. The van der Waals surface area contributed by atoms with Crippen molar-refractivity contribution in [3.05, 3.63) is 41.7 Å². The lowest BCUT2D eigenvalue weighted by atomic mass is 9.86. The molecule has 1 aliphatic rings. The molecular weight excluding hydrogens is 448 g/mol. The van der Waals surface area contributed by atoms with Crippen LogP contribution in [0.4, 0.5) is 0 Å². The zero-order valence-electron chi connectivity index (χ0n) is 20.8. The third kappa shape index (κ3) is 5.94. The molecule has 184 valence electrons. The van der Waals surface area contributed by atoms with Gasteiger partial charge in [-0.3, -0.25) is 9.59 Å². The van der Waals surface area contributed by atoms with Gasteiger partial charge in [-0.05, 0) is 24.1 Å². The smallest absolute Gasteiger partial charge is 0.242 e. The summed E-state index contributed by atoms with van der Waals surface area (Å²) >= 11 is 5.60. The maximum Gasteiger partial charge on any atom is 0.242 e. The van der Waals surface area contributed by atoms with Gasteiger partial charge >= 0.3 is 0 Å². The van der Waals surface area contributed by atoms with Crippen molar-refractivity contribution in [3.63, 3.8) is 0 Å². The molecule has 3 N–H and O–H groups in total. The number of fused-ring (bicyclic) bond motifs is 1. The van der Waals surface area contributed by atoms with Gasteiger partial charge in [-0.15, -0.1) is 0 Å². The second kappa shape index (κ2) is 11.0. The van der Waals surface area contributed by atoms with E-state index < -0.39 is 11.5 Å². The summed E-state index contributed by atoms with van der Waals surface area (Å²) < 4.78 is 2.19. The maximum absolute atomic E-state index is 13.1. The van der Waals surface area contributed by atoms with Gasteiger partial charge in [0.25, 0.3) is 0 Å². The summed E-state index contributed by atoms with van der Waals surface area (Å²) in [5, 5.41) is 9.59. The van der Waals surface area contributed by atoms with Crippen LogP contribution < -0.4 is 16.0 Å². The summed E-state index contributed by atoms with van der Waals surface area (Å²) in [6, 6.07) is 9.36. The lowest BCUT2D eigenvalue weighted by Crippen LogP contribution is -2.53. The lowest BCUT2D eigenvalue weighted by Gasteiger charge is -2.32. The largest absolute Gasteiger partial charge is 0.363 e. The van der Waals surface area contributed by atoms with Gasteiger partial charge in [-0.2, -0.15) is 0 Å². The topological polar surface area (TPSA) is 91.3 Å². The molecule has 0 radical (unpaired) electrons. The summed E-state index contributed by atoms with van der Waals surface area (Å²) in [7, 11) is 1.58. The van der Waals surface area contributed by atoms with Gasteiger partial charge in [0.2, 0.25) is 11.8 Å². The van der Waals surface area contributed by atoms with E-state index in [1.807, 2.05) is 51.1 Å². The van der Waals surface area contributed by atoms with Crippen LogP contribution in [0.15, 0.2) is 30.3 Å². The van der Waals surface area contributed by atoms with Crippen LogP contribution in [0, 0.1) is 5.41 Å². The number of aromatic nitrogens is 2. The Morgan fingerprint density at radius 1 is 1.18 bits per heavy atom. The number of thiocarbonyl (C=S) groups is 1. The number of hydrogen-bond acceptors (Lipinski definition) is 4. The molecule has 0 fully saturated rings. The second-order valence-electron chi connectivity index (χ2n) is 9.66. The minimum Gasteiger partial charge on any atom is -0.363 e. The van der Waals surface area contributed by atoms with E-state index in [2.05, 4.69) is 32.3 Å². The molecule has 8 nitrogen and oxygen atoms in total. The van der Waals surface area contributed by atoms with E-state index in [-0.39, 0.29) is 18.2 Å². The molecule has 3 rings (SSSR count). The first kappa shape index (κ1) is 25.7. The van der Waals surface area contributed by atoms with Crippen LogP contribution in [0.5, 0.6) is 0 Å². The molecule has 1 aromatic carbocycles. The van der Waals surface area contributed by atoms with Crippen molar-refractivity contribution in [1.82, 2.24) is 30.4 Å². The fourth-order valence-electron chi connectivity index (χ4n) is 4.08. The molecule has 2 amide bonds. The van der Waals surface area contributed by atoms with Crippen LogP contribution in [0.3, 0.4) is 0 Å². The Bertz CT molecular complexity index is 1030. The highest BCUT2D eigenvalue weighted by Gasteiger charge is 2.33. The predicted octanol–water partition coefficient (Wildman–Crippen LogP) is 2.47. The van der Waals surface area contributed by atoms with Crippen molar-refractivity contribution in [2.45, 2.75) is 59.7 Å². The average molecular weight is 485 g/mol. The molecule has 1 aromatic heterocycles. The standard InChI is InChI=1S/C25H36N6O2S/c1-6-12-27-24(34)30-13-14-31-19(16-30)18(28-22(31)17-10-8-7-9-11-17)15-20(32)29-21(23(33)26-5)25(2,3)4/h7-11,21H,6,12-16H2,1-5H3,(H,26,33)(H,27,34)(H,29,32)/t21-/m1/s1. The van der Waals surface area contributed by atoms with Crippen molar-refractivity contribution < 1.29 is 9.59 Å². The molecule has 1 aliphatic heterocycles. The van der Waals surface area contributed by atoms with Crippen molar-refractivity contribution >= 4 is 29.1 Å². The van der Waals surface area contributed by atoms with E-state index >= 15 is 0 Å². The molecule has 0 aliphatic carbocycles. The van der Waals surface area contributed by atoms with Crippen LogP contribution in [-0.2, 0) is 29.1 Å². The van der Waals surface area contributed by atoms with Gasteiger partial charge in [0.05, 0.1) is 24.4 Å². The van der Waals surface area contributed by atoms with Gasteiger partial charge in [-0.1, -0.05) is 58.0 Å². The highest BCUT2D eigenvalue weighted by Crippen LogP contribution is 2.27. The molecule has 2 aromatic rings. The van der Waals surface area contributed by atoms with Gasteiger partial charge < -0.3 is 25.4 Å². The van der Waals surface area contributed by atoms with Crippen LogP contribution >= 0.6 is 12.2 Å². The fourth-order valence-corrected chi connectivity index (χ4v) is 4.34. The highest BCUT2D eigenvalue weighted by atomic mass is 32.1. The van der Waals surface area contributed by atoms with Crippen LogP contribution in [0.1, 0.15) is 45.5 Å². The van der Waals surface area contributed by atoms with E-state index in [9.17, 15) is 9.59 Å². The Morgan fingerprint density at radius 3 is 2.50 bits per heavy atom. The number of likely N-dealkylation sites (N-methyl/N-ethyl adjacent to an activating group) is 1. The molecule has 0 saturated heterocycles. The molecule has 2 heterocycles. The predicted molar refractivity (Wildman–Crippen MR) is 138 cm³/mol. The molecule has 0 bridgehead atoms. The van der Waals surface area contributed by atoms with Gasteiger partial charge in [0.1, 0.15) is 11.9 Å². The zero-order valence-corrected chi connectivity index (χ0v) is 21.6.